The number of anilines is 3. The maximum Gasteiger partial charge on any atom is 0.246 e. The molecule has 10 rings (SSSR count). The zero-order chi connectivity index (χ0) is 31.7. The Morgan fingerprint density at radius 1 is 0.458 bits per heavy atom. The smallest absolute Gasteiger partial charge is 0.246 e. The van der Waals surface area contributed by atoms with Crippen molar-refractivity contribution in [3.05, 3.63) is 182 Å². The Morgan fingerprint density at radius 3 is 1.77 bits per heavy atom. The molecule has 0 spiro atoms. The average Bonchev–Trinajstić information content (AvgIpc) is 3.55. The molecule has 8 aromatic rings. The van der Waals surface area contributed by atoms with Crippen molar-refractivity contribution in [2.75, 3.05) is 4.90 Å². The molecule has 0 bridgehead atoms. The molecule has 0 fully saturated rings. The number of nitrogens with zero attached hydrogens (tertiary/aromatic N) is 1. The summed E-state index contributed by atoms with van der Waals surface area (Å²) in [6.07, 6.45) is 0. The van der Waals surface area contributed by atoms with Gasteiger partial charge < -0.3 is 4.90 Å². The van der Waals surface area contributed by atoms with Gasteiger partial charge >= 0.3 is 0 Å². The first kappa shape index (κ1) is 27.7. The van der Waals surface area contributed by atoms with Crippen molar-refractivity contribution in [2.45, 2.75) is 0 Å². The van der Waals surface area contributed by atoms with E-state index in [2.05, 4.69) is 187 Å². The lowest BCUT2D eigenvalue weighted by atomic mass is 9.35. The number of fused-ring (bicyclic) bond motifs is 5. The second kappa shape index (κ2) is 10.8. The van der Waals surface area contributed by atoms with E-state index in [0.29, 0.717) is 0 Å². The van der Waals surface area contributed by atoms with Crippen molar-refractivity contribution in [2.24, 2.45) is 0 Å². The summed E-state index contributed by atoms with van der Waals surface area (Å²) < 4.78 is 1.30. The first-order chi connectivity index (χ1) is 23.9. The highest BCUT2D eigenvalue weighted by Gasteiger charge is 2.52. The fourth-order valence-electron chi connectivity index (χ4n) is 8.60. The van der Waals surface area contributed by atoms with Crippen LogP contribution in [0.2, 0.25) is 0 Å². The molecule has 2 aliphatic heterocycles. The van der Waals surface area contributed by atoms with Gasteiger partial charge in [0.05, 0.1) is 10.6 Å². The summed E-state index contributed by atoms with van der Waals surface area (Å²) in [4.78, 5) is 3.91. The molecule has 1 aromatic heterocycles. The van der Waals surface area contributed by atoms with Crippen LogP contribution in [0.1, 0.15) is 0 Å². The van der Waals surface area contributed by atoms with Crippen LogP contribution in [-0.2, 0) is 0 Å². The molecule has 0 saturated carbocycles. The van der Waals surface area contributed by atoms with Gasteiger partial charge in [-0.1, -0.05) is 169 Å². The first-order valence-electron chi connectivity index (χ1n) is 16.7. The maximum atomic E-state index is 2.61. The molecule has 0 saturated heterocycles. The fourth-order valence-corrected chi connectivity index (χ4v) is 15.1. The fraction of sp³-hybridized carbons (Fsp3) is 0. The lowest BCUT2D eigenvalue weighted by Crippen LogP contribution is -2.87. The van der Waals surface area contributed by atoms with E-state index in [1.807, 2.05) is 11.3 Å². The number of hydrogen-bond acceptors (Lipinski definition) is 2. The second-order valence-corrected chi connectivity index (χ2v) is 17.6. The van der Waals surface area contributed by atoms with Crippen LogP contribution in [-0.4, -0.2) is 14.8 Å². The van der Waals surface area contributed by atoms with Crippen LogP contribution >= 0.6 is 11.3 Å². The number of rotatable bonds is 4. The van der Waals surface area contributed by atoms with Crippen LogP contribution in [0.3, 0.4) is 0 Å². The van der Waals surface area contributed by atoms with Crippen molar-refractivity contribution < 1.29 is 0 Å². The quantitative estimate of drug-likeness (QED) is 0.197. The lowest BCUT2D eigenvalue weighted by Gasteiger charge is -2.47. The molecule has 7 aromatic carbocycles. The molecule has 1 nitrogen and oxygen atoms in total. The summed E-state index contributed by atoms with van der Waals surface area (Å²) >= 11 is 1.89. The summed E-state index contributed by atoms with van der Waals surface area (Å²) in [5, 5.41) is 7.12. The Kier molecular flexibility index (Phi) is 6.23. The molecule has 2 aliphatic rings. The van der Waals surface area contributed by atoms with E-state index in [1.165, 1.54) is 74.7 Å². The number of hydrogen-bond donors (Lipinski definition) is 0. The number of benzene rings is 7. The van der Waals surface area contributed by atoms with Gasteiger partial charge in [0.1, 0.15) is 0 Å². The Morgan fingerprint density at radius 2 is 1.02 bits per heavy atom. The van der Waals surface area contributed by atoms with E-state index < -0.39 is 8.07 Å². The first-order valence-corrected chi connectivity index (χ1v) is 19.5. The van der Waals surface area contributed by atoms with Crippen molar-refractivity contribution >= 4 is 90.4 Å². The number of thiophene rings is 1. The van der Waals surface area contributed by atoms with Gasteiger partial charge in [0.2, 0.25) is 6.71 Å². The Balaban J connectivity index is 1.37. The van der Waals surface area contributed by atoms with Gasteiger partial charge in [-0.2, -0.15) is 0 Å². The molecule has 0 atom stereocenters. The predicted molar refractivity (Wildman–Crippen MR) is 210 cm³/mol. The third-order valence-corrected chi connectivity index (χ3v) is 16.5. The highest BCUT2D eigenvalue weighted by atomic mass is 32.1. The topological polar surface area (TPSA) is 3.24 Å². The van der Waals surface area contributed by atoms with E-state index in [-0.39, 0.29) is 6.71 Å². The summed E-state index contributed by atoms with van der Waals surface area (Å²) in [6.45, 7) is 0.137. The van der Waals surface area contributed by atoms with Gasteiger partial charge in [0.25, 0.3) is 0 Å². The largest absolute Gasteiger partial charge is 0.309 e. The van der Waals surface area contributed by atoms with Gasteiger partial charge in [0, 0.05) is 21.5 Å². The SMILES string of the molecule is c1ccc(-c2sc3ccccc3c2N2c3ccccc3B3c4ccccc4[Si](c4ccccc4)(c4ccccc4)c4cccc2c43)cc1. The average molecular weight is 644 g/mol. The lowest BCUT2D eigenvalue weighted by molar-refractivity contribution is 1.32. The van der Waals surface area contributed by atoms with Crippen LogP contribution in [0, 0.1) is 0 Å². The molecule has 0 aliphatic carbocycles. The third kappa shape index (κ3) is 3.79. The van der Waals surface area contributed by atoms with Crippen LogP contribution in [0.15, 0.2) is 182 Å². The van der Waals surface area contributed by atoms with E-state index in [0.717, 1.165) is 0 Å². The highest BCUT2D eigenvalue weighted by molar-refractivity contribution is 7.27. The third-order valence-electron chi connectivity index (χ3n) is 10.4. The van der Waals surface area contributed by atoms with Crippen molar-refractivity contribution in [3.63, 3.8) is 0 Å². The molecular weight excluding hydrogens is 613 g/mol. The minimum atomic E-state index is -2.72. The number of para-hydroxylation sites is 1. The molecule has 48 heavy (non-hydrogen) atoms. The molecular formula is C44H30BNSSi. The van der Waals surface area contributed by atoms with Crippen molar-refractivity contribution in [1.29, 1.82) is 0 Å². The minimum Gasteiger partial charge on any atom is -0.309 e. The van der Waals surface area contributed by atoms with E-state index >= 15 is 0 Å². The molecule has 3 heterocycles. The van der Waals surface area contributed by atoms with Gasteiger partial charge in [-0.05, 0) is 55.4 Å². The van der Waals surface area contributed by atoms with Gasteiger partial charge in [0.15, 0.2) is 8.07 Å². The highest BCUT2D eigenvalue weighted by Crippen LogP contribution is 2.50. The van der Waals surface area contributed by atoms with Crippen molar-refractivity contribution in [3.8, 4) is 10.4 Å². The normalized spacial score (nSPS) is 13.9. The van der Waals surface area contributed by atoms with E-state index in [9.17, 15) is 0 Å². The van der Waals surface area contributed by atoms with Gasteiger partial charge in [-0.25, -0.2) is 0 Å². The molecule has 0 unspecified atom stereocenters. The van der Waals surface area contributed by atoms with Crippen LogP contribution < -0.4 is 42.0 Å². The Hall–Kier alpha value is -5.42. The van der Waals surface area contributed by atoms with E-state index in [1.54, 1.807) is 0 Å². The summed E-state index contributed by atoms with van der Waals surface area (Å²) in [5.41, 5.74) is 9.31. The molecule has 4 heteroatoms. The molecule has 0 amide bonds. The van der Waals surface area contributed by atoms with E-state index in [4.69, 9.17) is 0 Å². The molecule has 0 N–H and O–H groups in total. The maximum absolute atomic E-state index is 2.72. The summed E-state index contributed by atoms with van der Waals surface area (Å²) in [6, 6.07) is 68.2. The van der Waals surface area contributed by atoms with Crippen LogP contribution in [0.4, 0.5) is 17.1 Å². The molecule has 224 valence electrons. The Labute approximate surface area is 286 Å². The predicted octanol–water partition coefficient (Wildman–Crippen LogP) is 6.56. The summed E-state index contributed by atoms with van der Waals surface area (Å²) in [7, 11) is -2.72. The standard InChI is InChI=1S/C44H30BNSSi/c1-4-17-31(18-5-1)44-43(34-23-10-14-28-39(34)47-44)46-37-26-13-11-24-35(37)45-36-25-12-15-29-40(36)48(32-19-6-2-7-20-32,33-21-8-3-9-22-33)41-30-16-27-38(46)42(41)45/h1-30H. The van der Waals surface area contributed by atoms with Crippen LogP contribution in [0.25, 0.3) is 20.5 Å². The van der Waals surface area contributed by atoms with Crippen molar-refractivity contribution in [1.82, 2.24) is 0 Å². The van der Waals surface area contributed by atoms with Gasteiger partial charge in [-0.15, -0.1) is 11.3 Å². The zero-order valence-electron chi connectivity index (χ0n) is 26.3. The van der Waals surface area contributed by atoms with Gasteiger partial charge in [-0.3, -0.25) is 0 Å². The second-order valence-electron chi connectivity index (χ2n) is 12.8. The minimum absolute atomic E-state index is 0.137. The van der Waals surface area contributed by atoms with Crippen LogP contribution in [0.5, 0.6) is 0 Å². The monoisotopic (exact) mass is 643 g/mol. The zero-order valence-corrected chi connectivity index (χ0v) is 28.1. The molecule has 0 radical (unpaired) electrons. The Bertz CT molecular complexity index is 2430. The summed E-state index contributed by atoms with van der Waals surface area (Å²) in [5.74, 6) is 0.